The van der Waals surface area contributed by atoms with Crippen LogP contribution in [0.15, 0.2) is 45.9 Å². The molecule has 0 fully saturated rings. The number of hydrogen-bond donors (Lipinski definition) is 2. The molecule has 2 heterocycles. The van der Waals surface area contributed by atoms with Crippen LogP contribution in [0.3, 0.4) is 0 Å². The molecule has 1 aromatic carbocycles. The molecule has 1 aromatic heterocycles. The van der Waals surface area contributed by atoms with Gasteiger partial charge in [-0.05, 0) is 44.4 Å². The van der Waals surface area contributed by atoms with E-state index in [2.05, 4.69) is 10.0 Å². The molecule has 1 atom stereocenters. The number of likely N-dealkylation sites (N-methyl/N-ethyl adjacent to an activating group) is 1. The number of carbonyl (C=O) groups excluding carboxylic acids is 1. The molecule has 0 spiro atoms. The van der Waals surface area contributed by atoms with Crippen molar-refractivity contribution in [2.45, 2.75) is 10.9 Å². The van der Waals surface area contributed by atoms with Crippen molar-refractivity contribution >= 4 is 21.6 Å². The summed E-state index contributed by atoms with van der Waals surface area (Å²) < 4.78 is 38.4. The SMILES string of the molecule is CN(C)C(CNS(=O)(=O)c1ccc2c(c1)NC(=O)CO2)c1ccco1. The van der Waals surface area contributed by atoms with Gasteiger partial charge >= 0.3 is 0 Å². The van der Waals surface area contributed by atoms with Crippen LogP contribution in [0.1, 0.15) is 11.8 Å². The number of carbonyl (C=O) groups is 1. The quantitative estimate of drug-likeness (QED) is 0.798. The van der Waals surface area contributed by atoms with Crippen molar-refractivity contribution in [1.29, 1.82) is 0 Å². The maximum atomic E-state index is 12.6. The van der Waals surface area contributed by atoms with Crippen molar-refractivity contribution in [2.75, 3.05) is 32.6 Å². The molecule has 2 N–H and O–H groups in total. The summed E-state index contributed by atoms with van der Waals surface area (Å²) >= 11 is 0. The third kappa shape index (κ3) is 3.84. The van der Waals surface area contributed by atoms with Crippen molar-refractivity contribution in [2.24, 2.45) is 0 Å². The van der Waals surface area contributed by atoms with Gasteiger partial charge in [-0.1, -0.05) is 0 Å². The first-order chi connectivity index (χ1) is 11.9. The largest absolute Gasteiger partial charge is 0.482 e. The first kappa shape index (κ1) is 17.5. The second kappa shape index (κ2) is 6.87. The standard InChI is InChI=1S/C16H19N3O5S/c1-19(2)13(15-4-3-7-23-15)9-17-25(21,22)11-5-6-14-12(8-11)18-16(20)10-24-14/h3-8,13,17H,9-10H2,1-2H3,(H,18,20). The van der Waals surface area contributed by atoms with Crippen LogP contribution in [-0.2, 0) is 14.8 Å². The lowest BCUT2D eigenvalue weighted by molar-refractivity contribution is -0.118. The number of hydrogen-bond acceptors (Lipinski definition) is 6. The molecule has 134 valence electrons. The molecule has 0 saturated carbocycles. The van der Waals surface area contributed by atoms with Crippen LogP contribution >= 0.6 is 0 Å². The van der Waals surface area contributed by atoms with Crippen LogP contribution in [0.25, 0.3) is 0 Å². The van der Waals surface area contributed by atoms with E-state index in [0.29, 0.717) is 17.2 Å². The number of fused-ring (bicyclic) bond motifs is 1. The van der Waals surface area contributed by atoms with Gasteiger partial charge in [-0.3, -0.25) is 9.69 Å². The molecule has 0 radical (unpaired) electrons. The van der Waals surface area contributed by atoms with E-state index < -0.39 is 10.0 Å². The summed E-state index contributed by atoms with van der Waals surface area (Å²) in [7, 11) is -0.0750. The Labute approximate surface area is 145 Å². The molecule has 25 heavy (non-hydrogen) atoms. The van der Waals surface area contributed by atoms with Crippen LogP contribution in [0, 0.1) is 0 Å². The number of nitrogens with zero attached hydrogens (tertiary/aromatic N) is 1. The van der Waals surface area contributed by atoms with Gasteiger partial charge in [0, 0.05) is 6.54 Å². The van der Waals surface area contributed by atoms with Gasteiger partial charge in [0.15, 0.2) is 6.61 Å². The van der Waals surface area contributed by atoms with E-state index in [1.54, 1.807) is 18.4 Å². The lowest BCUT2D eigenvalue weighted by Gasteiger charge is -2.23. The Morgan fingerprint density at radius 3 is 2.80 bits per heavy atom. The Kier molecular flexibility index (Phi) is 4.80. The lowest BCUT2D eigenvalue weighted by atomic mass is 10.2. The van der Waals surface area contributed by atoms with Crippen LogP contribution < -0.4 is 14.8 Å². The summed E-state index contributed by atoms with van der Waals surface area (Å²) in [4.78, 5) is 13.3. The first-order valence-electron chi connectivity index (χ1n) is 7.63. The number of amides is 1. The number of ether oxygens (including phenoxy) is 1. The summed E-state index contributed by atoms with van der Waals surface area (Å²) in [5, 5.41) is 2.60. The smallest absolute Gasteiger partial charge is 0.262 e. The highest BCUT2D eigenvalue weighted by molar-refractivity contribution is 7.89. The van der Waals surface area contributed by atoms with Gasteiger partial charge in [0.1, 0.15) is 11.5 Å². The summed E-state index contributed by atoms with van der Waals surface area (Å²) in [5.41, 5.74) is 0.342. The third-order valence-electron chi connectivity index (χ3n) is 3.86. The number of furan rings is 1. The Morgan fingerprint density at radius 2 is 2.12 bits per heavy atom. The highest BCUT2D eigenvalue weighted by Gasteiger charge is 2.24. The van der Waals surface area contributed by atoms with Gasteiger partial charge in [0.2, 0.25) is 10.0 Å². The molecular formula is C16H19N3O5S. The highest BCUT2D eigenvalue weighted by Crippen LogP contribution is 2.30. The minimum Gasteiger partial charge on any atom is -0.482 e. The van der Waals surface area contributed by atoms with Crippen molar-refractivity contribution in [3.63, 3.8) is 0 Å². The summed E-state index contributed by atoms with van der Waals surface area (Å²) in [5.74, 6) is 0.791. The topological polar surface area (TPSA) is 101 Å². The maximum absolute atomic E-state index is 12.6. The van der Waals surface area contributed by atoms with E-state index in [9.17, 15) is 13.2 Å². The monoisotopic (exact) mass is 365 g/mol. The van der Waals surface area contributed by atoms with Gasteiger partial charge in [-0.25, -0.2) is 13.1 Å². The lowest BCUT2D eigenvalue weighted by Crippen LogP contribution is -2.34. The fraction of sp³-hybridized carbons (Fsp3) is 0.312. The van der Waals surface area contributed by atoms with E-state index in [1.807, 2.05) is 19.0 Å². The molecule has 0 saturated heterocycles. The highest BCUT2D eigenvalue weighted by atomic mass is 32.2. The molecule has 1 unspecified atom stereocenters. The summed E-state index contributed by atoms with van der Waals surface area (Å²) in [6, 6.07) is 7.66. The average Bonchev–Trinajstić information content (AvgIpc) is 3.08. The summed E-state index contributed by atoms with van der Waals surface area (Å²) in [6.45, 7) is 0.0633. The third-order valence-corrected chi connectivity index (χ3v) is 5.28. The van der Waals surface area contributed by atoms with E-state index in [0.717, 1.165) is 0 Å². The van der Waals surface area contributed by atoms with Crippen LogP contribution in [-0.4, -0.2) is 46.5 Å². The second-order valence-electron chi connectivity index (χ2n) is 5.84. The minimum absolute atomic E-state index is 0.0500. The zero-order valence-electron chi connectivity index (χ0n) is 13.9. The number of sulfonamides is 1. The molecule has 0 bridgehead atoms. The van der Waals surface area contributed by atoms with E-state index in [1.165, 1.54) is 18.2 Å². The fourth-order valence-corrected chi connectivity index (χ4v) is 3.58. The predicted octanol–water partition coefficient (Wildman–Crippen LogP) is 1.19. The molecule has 9 heteroatoms. The molecule has 0 aliphatic carbocycles. The Morgan fingerprint density at radius 1 is 1.32 bits per heavy atom. The average molecular weight is 365 g/mol. The van der Waals surface area contributed by atoms with E-state index in [4.69, 9.17) is 9.15 Å². The second-order valence-corrected chi connectivity index (χ2v) is 7.61. The normalized spacial score (nSPS) is 15.4. The van der Waals surface area contributed by atoms with Crippen molar-refractivity contribution in [3.05, 3.63) is 42.4 Å². The van der Waals surface area contributed by atoms with Gasteiger partial charge in [-0.2, -0.15) is 0 Å². The number of benzene rings is 1. The molecular weight excluding hydrogens is 346 g/mol. The van der Waals surface area contributed by atoms with Gasteiger partial charge in [-0.15, -0.1) is 0 Å². The molecule has 2 aromatic rings. The van der Waals surface area contributed by atoms with E-state index >= 15 is 0 Å². The molecule has 1 amide bonds. The fourth-order valence-electron chi connectivity index (χ4n) is 2.52. The van der Waals surface area contributed by atoms with Gasteiger partial charge in [0.25, 0.3) is 5.91 Å². The Bertz CT molecular complexity index is 862. The Balaban J connectivity index is 1.78. The number of rotatable bonds is 6. The zero-order valence-corrected chi connectivity index (χ0v) is 14.7. The minimum atomic E-state index is -3.76. The van der Waals surface area contributed by atoms with Gasteiger partial charge < -0.3 is 14.5 Å². The van der Waals surface area contributed by atoms with Crippen molar-refractivity contribution in [3.8, 4) is 5.75 Å². The van der Waals surface area contributed by atoms with Gasteiger partial charge in [0.05, 0.1) is 22.9 Å². The van der Waals surface area contributed by atoms with Crippen molar-refractivity contribution < 1.29 is 22.4 Å². The molecule has 1 aliphatic rings. The van der Waals surface area contributed by atoms with Crippen LogP contribution in [0.5, 0.6) is 5.75 Å². The number of nitrogens with one attached hydrogen (secondary N) is 2. The molecule has 8 nitrogen and oxygen atoms in total. The molecule has 1 aliphatic heterocycles. The Hall–Kier alpha value is -2.36. The molecule has 3 rings (SSSR count). The van der Waals surface area contributed by atoms with Crippen molar-refractivity contribution in [1.82, 2.24) is 9.62 Å². The van der Waals surface area contributed by atoms with Crippen LogP contribution in [0.2, 0.25) is 0 Å². The van der Waals surface area contributed by atoms with E-state index in [-0.39, 0.29) is 30.0 Å². The summed E-state index contributed by atoms with van der Waals surface area (Å²) in [6.07, 6.45) is 1.55. The zero-order chi connectivity index (χ0) is 18.0. The van der Waals surface area contributed by atoms with Crippen LogP contribution in [0.4, 0.5) is 5.69 Å². The maximum Gasteiger partial charge on any atom is 0.262 e. The number of anilines is 1. The first-order valence-corrected chi connectivity index (χ1v) is 9.11. The predicted molar refractivity (Wildman–Crippen MR) is 90.9 cm³/mol.